The molecular weight excluding hydrogens is 356 g/mol. The summed E-state index contributed by atoms with van der Waals surface area (Å²) < 4.78 is 1.17. The van der Waals surface area contributed by atoms with E-state index in [0.717, 1.165) is 25.8 Å². The van der Waals surface area contributed by atoms with Gasteiger partial charge in [-0.05, 0) is 84.4 Å². The molecule has 2 heterocycles. The molecule has 4 heteroatoms. The minimum Gasteiger partial charge on any atom is -0.353 e. The summed E-state index contributed by atoms with van der Waals surface area (Å²) >= 11 is 5.36. The summed E-state index contributed by atoms with van der Waals surface area (Å²) in [6, 6.07) is 8.74. The summed E-state index contributed by atoms with van der Waals surface area (Å²) in [5.74, 6) is 0. The highest BCUT2D eigenvalue weighted by atomic mass is 79.9. The topological polar surface area (TPSA) is 41.8 Å². The molecule has 0 aliphatic rings. The van der Waals surface area contributed by atoms with Crippen molar-refractivity contribution < 1.29 is 0 Å². The highest BCUT2D eigenvalue weighted by molar-refractivity contribution is 9.11. The molecule has 0 saturated carbocycles. The van der Waals surface area contributed by atoms with Crippen LogP contribution in [0.2, 0.25) is 0 Å². The van der Waals surface area contributed by atoms with E-state index in [9.17, 15) is 0 Å². The second-order valence-electron chi connectivity index (χ2n) is 5.78. The molecule has 0 aliphatic carbocycles. The van der Waals surface area contributed by atoms with Crippen LogP contribution in [-0.4, -0.2) is 11.5 Å². The van der Waals surface area contributed by atoms with Crippen LogP contribution < -0.4 is 5.73 Å². The number of rotatable bonds is 5. The van der Waals surface area contributed by atoms with Crippen molar-refractivity contribution in [3.05, 3.63) is 44.7 Å². The number of aromatic nitrogens is 1. The van der Waals surface area contributed by atoms with E-state index in [1.165, 1.54) is 42.0 Å². The second kappa shape index (κ2) is 6.57. The van der Waals surface area contributed by atoms with Crippen LogP contribution in [0.5, 0.6) is 0 Å². The monoisotopic (exact) mass is 376 g/mol. The Labute approximate surface area is 143 Å². The van der Waals surface area contributed by atoms with E-state index in [1.54, 1.807) is 11.3 Å². The van der Waals surface area contributed by atoms with Crippen LogP contribution in [0.4, 0.5) is 0 Å². The van der Waals surface area contributed by atoms with E-state index < -0.39 is 0 Å². The Hall–Kier alpha value is -1.10. The first-order valence-electron chi connectivity index (χ1n) is 7.68. The third kappa shape index (κ3) is 2.87. The van der Waals surface area contributed by atoms with Crippen LogP contribution in [0.3, 0.4) is 0 Å². The molecule has 0 amide bonds. The zero-order valence-corrected chi connectivity index (χ0v) is 15.4. The minimum absolute atomic E-state index is 0.764. The van der Waals surface area contributed by atoms with Gasteiger partial charge < -0.3 is 10.7 Å². The number of unbranched alkanes of at least 4 members (excludes halogenated alkanes) is 1. The van der Waals surface area contributed by atoms with Gasteiger partial charge in [-0.15, -0.1) is 11.3 Å². The van der Waals surface area contributed by atoms with Crippen molar-refractivity contribution in [2.24, 2.45) is 5.73 Å². The van der Waals surface area contributed by atoms with Gasteiger partial charge >= 0.3 is 0 Å². The van der Waals surface area contributed by atoms with Crippen LogP contribution in [0.25, 0.3) is 21.5 Å². The smallest absolute Gasteiger partial charge is 0.0705 e. The average Bonchev–Trinajstić information content (AvgIpc) is 3.08. The highest BCUT2D eigenvalue weighted by Crippen LogP contribution is 2.38. The van der Waals surface area contributed by atoms with Gasteiger partial charge in [0.05, 0.1) is 14.4 Å². The summed E-state index contributed by atoms with van der Waals surface area (Å²) in [7, 11) is 0. The van der Waals surface area contributed by atoms with Gasteiger partial charge in [-0.1, -0.05) is 12.1 Å². The average molecular weight is 377 g/mol. The maximum absolute atomic E-state index is 5.68. The Balaban J connectivity index is 2.19. The van der Waals surface area contributed by atoms with Crippen molar-refractivity contribution in [2.45, 2.75) is 33.1 Å². The summed E-state index contributed by atoms with van der Waals surface area (Å²) in [6.07, 6.45) is 3.29. The van der Waals surface area contributed by atoms with E-state index in [1.807, 2.05) is 0 Å². The number of H-pyrrole nitrogens is 1. The first-order chi connectivity index (χ1) is 10.6. The second-order valence-corrected chi connectivity index (χ2v) is 8.24. The summed E-state index contributed by atoms with van der Waals surface area (Å²) in [4.78, 5) is 4.98. The molecule has 1 aromatic carbocycles. The molecule has 0 saturated heterocycles. The zero-order chi connectivity index (χ0) is 15.7. The van der Waals surface area contributed by atoms with Gasteiger partial charge in [-0.3, -0.25) is 0 Å². The molecule has 0 atom stereocenters. The fraction of sp³-hybridized carbons (Fsp3) is 0.333. The van der Waals surface area contributed by atoms with E-state index in [-0.39, 0.29) is 0 Å². The van der Waals surface area contributed by atoms with Crippen LogP contribution in [0.15, 0.2) is 28.1 Å². The Bertz CT molecular complexity index is 801. The normalized spacial score (nSPS) is 11.5. The summed E-state index contributed by atoms with van der Waals surface area (Å²) in [6.45, 7) is 5.15. The molecular formula is C18H21BrN2S. The van der Waals surface area contributed by atoms with Crippen molar-refractivity contribution in [3.8, 4) is 10.6 Å². The number of nitrogens with one attached hydrogen (secondary N) is 1. The largest absolute Gasteiger partial charge is 0.353 e. The highest BCUT2D eigenvalue weighted by Gasteiger charge is 2.17. The lowest BCUT2D eigenvalue weighted by Crippen LogP contribution is -1.99. The predicted molar refractivity (Wildman–Crippen MR) is 101 cm³/mol. The quantitative estimate of drug-likeness (QED) is 0.562. The molecule has 2 aromatic heterocycles. The summed E-state index contributed by atoms with van der Waals surface area (Å²) in [5.41, 5.74) is 12.3. The van der Waals surface area contributed by atoms with Crippen LogP contribution >= 0.6 is 27.3 Å². The first-order valence-corrected chi connectivity index (χ1v) is 9.29. The molecule has 116 valence electrons. The Kier molecular flexibility index (Phi) is 4.71. The molecule has 0 spiro atoms. The fourth-order valence-corrected chi connectivity index (χ4v) is 4.46. The number of hydrogen-bond acceptors (Lipinski definition) is 2. The maximum atomic E-state index is 5.68. The van der Waals surface area contributed by atoms with Crippen LogP contribution in [0.1, 0.15) is 29.5 Å². The zero-order valence-electron chi connectivity index (χ0n) is 13.0. The lowest BCUT2D eigenvalue weighted by Gasteiger charge is -2.05. The number of aryl methyl sites for hydroxylation is 3. The van der Waals surface area contributed by atoms with E-state index in [2.05, 4.69) is 59.0 Å². The van der Waals surface area contributed by atoms with Crippen molar-refractivity contribution in [1.29, 1.82) is 0 Å². The molecule has 2 nitrogen and oxygen atoms in total. The standard InChI is InChI=1S/C18H21BrN2S/c1-11-6-7-12(2)17-16(11)13(5-3-4-10-20)18(21-17)14-8-9-15(19)22-14/h6-9,21H,3-5,10,20H2,1-2H3. The van der Waals surface area contributed by atoms with Crippen molar-refractivity contribution in [3.63, 3.8) is 0 Å². The molecule has 22 heavy (non-hydrogen) atoms. The van der Waals surface area contributed by atoms with Crippen molar-refractivity contribution >= 4 is 38.2 Å². The van der Waals surface area contributed by atoms with Crippen molar-refractivity contribution in [2.75, 3.05) is 6.54 Å². The number of fused-ring (bicyclic) bond motifs is 1. The number of hydrogen-bond donors (Lipinski definition) is 2. The number of aromatic amines is 1. The third-order valence-electron chi connectivity index (χ3n) is 4.18. The van der Waals surface area contributed by atoms with E-state index >= 15 is 0 Å². The lowest BCUT2D eigenvalue weighted by molar-refractivity contribution is 0.748. The Morgan fingerprint density at radius 1 is 1.09 bits per heavy atom. The molecule has 3 aromatic rings. The maximum Gasteiger partial charge on any atom is 0.0705 e. The lowest BCUT2D eigenvalue weighted by atomic mass is 9.99. The molecule has 0 radical (unpaired) electrons. The molecule has 0 unspecified atom stereocenters. The number of nitrogens with two attached hydrogens (primary N) is 1. The van der Waals surface area contributed by atoms with Crippen LogP contribution in [-0.2, 0) is 6.42 Å². The number of thiophene rings is 1. The molecule has 0 fully saturated rings. The van der Waals surface area contributed by atoms with Gasteiger partial charge in [0, 0.05) is 10.9 Å². The molecule has 3 N–H and O–H groups in total. The molecule has 0 aliphatic heterocycles. The molecule has 0 bridgehead atoms. The molecule has 3 rings (SSSR count). The van der Waals surface area contributed by atoms with Gasteiger partial charge in [0.2, 0.25) is 0 Å². The minimum atomic E-state index is 0.764. The van der Waals surface area contributed by atoms with Gasteiger partial charge in [0.1, 0.15) is 0 Å². The van der Waals surface area contributed by atoms with Crippen molar-refractivity contribution in [1.82, 2.24) is 4.98 Å². The Morgan fingerprint density at radius 3 is 2.55 bits per heavy atom. The number of benzene rings is 1. The first kappa shape index (κ1) is 15.8. The van der Waals surface area contributed by atoms with Gasteiger partial charge in [0.15, 0.2) is 0 Å². The SMILES string of the molecule is Cc1ccc(C)c2c(CCCCN)c(-c3ccc(Br)s3)[nH]c12. The van der Waals surface area contributed by atoms with E-state index in [4.69, 9.17) is 5.73 Å². The number of halogens is 1. The third-order valence-corrected chi connectivity index (χ3v) is 5.82. The van der Waals surface area contributed by atoms with Gasteiger partial charge in [0.25, 0.3) is 0 Å². The van der Waals surface area contributed by atoms with E-state index in [0.29, 0.717) is 0 Å². The fourth-order valence-electron chi connectivity index (χ4n) is 3.04. The van der Waals surface area contributed by atoms with Crippen LogP contribution in [0, 0.1) is 13.8 Å². The van der Waals surface area contributed by atoms with Gasteiger partial charge in [-0.2, -0.15) is 0 Å². The summed E-state index contributed by atoms with van der Waals surface area (Å²) in [5, 5.41) is 1.40. The Morgan fingerprint density at radius 2 is 1.86 bits per heavy atom. The van der Waals surface area contributed by atoms with Gasteiger partial charge in [-0.25, -0.2) is 0 Å². The predicted octanol–water partition coefficient (Wildman–Crippen LogP) is 5.56.